The van der Waals surface area contributed by atoms with Gasteiger partial charge in [0.15, 0.2) is 5.60 Å². The molecule has 1 spiro atoms. The molecule has 1 atom stereocenters. The van der Waals surface area contributed by atoms with Crippen molar-refractivity contribution in [2.45, 2.75) is 88.9 Å². The van der Waals surface area contributed by atoms with E-state index in [9.17, 15) is 4.79 Å². The fourth-order valence-corrected chi connectivity index (χ4v) is 4.30. The van der Waals surface area contributed by atoms with Crippen LogP contribution < -0.4 is 10.6 Å². The molecule has 2 aliphatic heterocycles. The molecule has 126 valence electrons. The highest BCUT2D eigenvalue weighted by Gasteiger charge is 2.49. The lowest BCUT2D eigenvalue weighted by molar-refractivity contribution is -0.138. The van der Waals surface area contributed by atoms with Crippen molar-refractivity contribution in [2.24, 2.45) is 5.92 Å². The molecule has 1 amide bonds. The topological polar surface area (TPSA) is 50.4 Å². The second kappa shape index (κ2) is 7.78. The first-order chi connectivity index (χ1) is 10.8. The summed E-state index contributed by atoms with van der Waals surface area (Å²) in [4.78, 5) is 12.5. The Kier molecular flexibility index (Phi) is 5.75. The quantitative estimate of drug-likeness (QED) is 0.782. The van der Waals surface area contributed by atoms with Crippen molar-refractivity contribution in [3.8, 4) is 0 Å². The predicted octanol–water partition coefficient (Wildman–Crippen LogP) is 3.11. The van der Waals surface area contributed by atoms with Crippen molar-refractivity contribution in [2.75, 3.05) is 13.1 Å². The molecule has 22 heavy (non-hydrogen) atoms. The lowest BCUT2D eigenvalue weighted by atomic mass is 9.92. The van der Waals surface area contributed by atoms with Crippen molar-refractivity contribution in [3.05, 3.63) is 0 Å². The second-order valence-corrected chi connectivity index (χ2v) is 7.42. The van der Waals surface area contributed by atoms with Gasteiger partial charge in [0.25, 0.3) is 5.91 Å². The number of rotatable bonds is 1. The van der Waals surface area contributed by atoms with E-state index in [1.165, 1.54) is 64.2 Å². The van der Waals surface area contributed by atoms with Gasteiger partial charge in [0, 0.05) is 5.92 Å². The van der Waals surface area contributed by atoms with E-state index in [2.05, 4.69) is 10.6 Å². The van der Waals surface area contributed by atoms with Crippen LogP contribution in [-0.2, 0) is 9.53 Å². The lowest BCUT2D eigenvalue weighted by Gasteiger charge is -2.32. The lowest BCUT2D eigenvalue weighted by Crippen LogP contribution is -2.47. The largest absolute Gasteiger partial charge is 0.342 e. The summed E-state index contributed by atoms with van der Waals surface area (Å²) >= 11 is 0. The first-order valence-corrected chi connectivity index (χ1v) is 9.50. The zero-order valence-corrected chi connectivity index (χ0v) is 13.9. The SMILES string of the molecule is O=C1NC(C2CCCCCCCCCC2)OC12CCNCC2. The van der Waals surface area contributed by atoms with Gasteiger partial charge in [-0.15, -0.1) is 0 Å². The highest BCUT2D eigenvalue weighted by Crippen LogP contribution is 2.35. The standard InChI is InChI=1S/C18H32N2O2/c21-17-18(11-13-19-14-12-18)22-16(20-17)15-9-7-5-3-1-2-4-6-8-10-15/h15-16,19H,1-14H2,(H,20,21). The zero-order chi connectivity index (χ0) is 15.3. The molecule has 1 unspecified atom stereocenters. The molecular formula is C18H32N2O2. The molecule has 0 aromatic carbocycles. The maximum atomic E-state index is 12.5. The van der Waals surface area contributed by atoms with Gasteiger partial charge in [0.05, 0.1) is 0 Å². The van der Waals surface area contributed by atoms with Gasteiger partial charge < -0.3 is 15.4 Å². The molecule has 2 heterocycles. The summed E-state index contributed by atoms with van der Waals surface area (Å²) in [6.45, 7) is 1.79. The Hall–Kier alpha value is -0.610. The molecule has 1 saturated carbocycles. The molecule has 3 rings (SSSR count). The van der Waals surface area contributed by atoms with E-state index < -0.39 is 5.60 Å². The van der Waals surface area contributed by atoms with Gasteiger partial charge in [-0.1, -0.05) is 51.4 Å². The van der Waals surface area contributed by atoms with Crippen LogP contribution in [0.25, 0.3) is 0 Å². The van der Waals surface area contributed by atoms with Crippen molar-refractivity contribution < 1.29 is 9.53 Å². The summed E-state index contributed by atoms with van der Waals surface area (Å²) in [6.07, 6.45) is 14.8. The van der Waals surface area contributed by atoms with Crippen LogP contribution in [0.5, 0.6) is 0 Å². The average molecular weight is 308 g/mol. The Morgan fingerprint density at radius 1 is 0.864 bits per heavy atom. The maximum Gasteiger partial charge on any atom is 0.254 e. The van der Waals surface area contributed by atoms with Crippen molar-refractivity contribution in [1.29, 1.82) is 0 Å². The Labute approximate surface area is 134 Å². The number of carbonyl (C=O) groups is 1. The van der Waals surface area contributed by atoms with E-state index >= 15 is 0 Å². The van der Waals surface area contributed by atoms with Crippen LogP contribution in [0.3, 0.4) is 0 Å². The zero-order valence-electron chi connectivity index (χ0n) is 13.9. The molecule has 3 aliphatic rings. The fourth-order valence-electron chi connectivity index (χ4n) is 4.30. The van der Waals surface area contributed by atoms with Crippen LogP contribution in [0.15, 0.2) is 0 Å². The summed E-state index contributed by atoms with van der Waals surface area (Å²) in [6, 6.07) is 0. The molecule has 3 fully saturated rings. The minimum atomic E-state index is -0.526. The number of amides is 1. The molecule has 0 radical (unpaired) electrons. The Balaban J connectivity index is 1.59. The van der Waals surface area contributed by atoms with Crippen LogP contribution in [0.1, 0.15) is 77.0 Å². The minimum absolute atomic E-state index is 0.0358. The highest BCUT2D eigenvalue weighted by molar-refractivity contribution is 5.87. The van der Waals surface area contributed by atoms with Gasteiger partial charge in [0.1, 0.15) is 6.23 Å². The van der Waals surface area contributed by atoms with Crippen LogP contribution in [0.2, 0.25) is 0 Å². The Morgan fingerprint density at radius 3 is 2.00 bits per heavy atom. The molecule has 1 aliphatic carbocycles. The van der Waals surface area contributed by atoms with Crippen LogP contribution in [0.4, 0.5) is 0 Å². The van der Waals surface area contributed by atoms with Crippen molar-refractivity contribution in [1.82, 2.24) is 10.6 Å². The summed E-state index contributed by atoms with van der Waals surface area (Å²) in [5.74, 6) is 0.657. The number of carbonyl (C=O) groups excluding carboxylic acids is 1. The minimum Gasteiger partial charge on any atom is -0.342 e. The highest BCUT2D eigenvalue weighted by atomic mass is 16.5. The van der Waals surface area contributed by atoms with E-state index in [0.29, 0.717) is 5.92 Å². The number of piperidine rings is 1. The normalized spacial score (nSPS) is 31.6. The third kappa shape index (κ3) is 3.83. The number of ether oxygens (including phenoxy) is 1. The van der Waals surface area contributed by atoms with E-state index in [1.54, 1.807) is 0 Å². The molecule has 4 nitrogen and oxygen atoms in total. The Morgan fingerprint density at radius 2 is 1.41 bits per heavy atom. The molecule has 0 aromatic heterocycles. The van der Waals surface area contributed by atoms with Gasteiger partial charge in [-0.2, -0.15) is 0 Å². The molecule has 2 saturated heterocycles. The number of hydrogen-bond acceptors (Lipinski definition) is 3. The van der Waals surface area contributed by atoms with E-state index in [-0.39, 0.29) is 12.1 Å². The molecule has 0 aromatic rings. The predicted molar refractivity (Wildman–Crippen MR) is 87.5 cm³/mol. The first-order valence-electron chi connectivity index (χ1n) is 9.50. The summed E-state index contributed by atoms with van der Waals surface area (Å²) < 4.78 is 6.34. The smallest absolute Gasteiger partial charge is 0.254 e. The van der Waals surface area contributed by atoms with Crippen LogP contribution in [-0.4, -0.2) is 30.8 Å². The van der Waals surface area contributed by atoms with E-state index in [4.69, 9.17) is 4.74 Å². The third-order valence-electron chi connectivity index (χ3n) is 5.78. The van der Waals surface area contributed by atoms with Gasteiger partial charge in [-0.3, -0.25) is 4.79 Å². The number of hydrogen-bond donors (Lipinski definition) is 2. The van der Waals surface area contributed by atoms with Gasteiger partial charge in [-0.05, 0) is 38.8 Å². The molecule has 4 heteroatoms. The third-order valence-corrected chi connectivity index (χ3v) is 5.78. The van der Waals surface area contributed by atoms with Crippen molar-refractivity contribution >= 4 is 5.91 Å². The van der Waals surface area contributed by atoms with Crippen LogP contribution in [0, 0.1) is 5.92 Å². The first kappa shape index (κ1) is 16.3. The van der Waals surface area contributed by atoms with Gasteiger partial charge >= 0.3 is 0 Å². The monoisotopic (exact) mass is 308 g/mol. The summed E-state index contributed by atoms with van der Waals surface area (Å²) in [7, 11) is 0. The summed E-state index contributed by atoms with van der Waals surface area (Å²) in [5, 5.41) is 6.53. The maximum absolute atomic E-state index is 12.5. The molecular weight excluding hydrogens is 276 g/mol. The van der Waals surface area contributed by atoms with Gasteiger partial charge in [0.2, 0.25) is 0 Å². The van der Waals surface area contributed by atoms with Crippen LogP contribution >= 0.6 is 0 Å². The fraction of sp³-hybridized carbons (Fsp3) is 0.944. The average Bonchev–Trinajstić information content (AvgIpc) is 2.81. The van der Waals surface area contributed by atoms with Gasteiger partial charge in [-0.25, -0.2) is 0 Å². The van der Waals surface area contributed by atoms with E-state index in [1.807, 2.05) is 0 Å². The Bertz CT molecular complexity index is 354. The molecule has 2 N–H and O–H groups in total. The van der Waals surface area contributed by atoms with Crippen molar-refractivity contribution in [3.63, 3.8) is 0 Å². The molecule has 0 bridgehead atoms. The second-order valence-electron chi connectivity index (χ2n) is 7.42. The summed E-state index contributed by atoms with van der Waals surface area (Å²) in [5.41, 5.74) is -0.526. The number of nitrogens with one attached hydrogen (secondary N) is 2. The van der Waals surface area contributed by atoms with E-state index in [0.717, 1.165) is 25.9 Å².